The largest absolute Gasteiger partial charge is 0.407 e. The number of ether oxygens (including phenoxy) is 2. The fourth-order valence-electron chi connectivity index (χ4n) is 10.2. The van der Waals surface area contributed by atoms with Gasteiger partial charge < -0.3 is 13.9 Å². The van der Waals surface area contributed by atoms with Crippen molar-refractivity contribution in [1.82, 2.24) is 0 Å². The van der Waals surface area contributed by atoms with Crippen LogP contribution in [0.3, 0.4) is 0 Å². The molecule has 1 heterocycles. The van der Waals surface area contributed by atoms with Crippen molar-refractivity contribution < 1.29 is 18.7 Å². The van der Waals surface area contributed by atoms with Gasteiger partial charge in [0.2, 0.25) is 0 Å². The molecule has 4 aliphatic rings. The fourth-order valence-corrected chi connectivity index (χ4v) is 14.8. The van der Waals surface area contributed by atoms with Crippen LogP contribution in [0.15, 0.2) is 60.7 Å². The summed E-state index contributed by atoms with van der Waals surface area (Å²) in [6.45, 7) is 16.2. The Labute approximate surface area is 261 Å². The molecule has 5 heteroatoms. The molecule has 3 aliphatic carbocycles. The maximum absolute atomic E-state index is 13.9. The van der Waals surface area contributed by atoms with Crippen LogP contribution in [0.25, 0.3) is 0 Å². The van der Waals surface area contributed by atoms with Gasteiger partial charge in [0.25, 0.3) is 8.32 Å². The van der Waals surface area contributed by atoms with Crippen LogP contribution >= 0.6 is 0 Å². The Bertz CT molecular complexity index is 1230. The predicted molar refractivity (Wildman–Crippen MR) is 176 cm³/mol. The molecule has 0 aromatic heterocycles. The molecule has 234 valence electrons. The Balaban J connectivity index is 1.35. The highest BCUT2D eigenvalue weighted by atomic mass is 28.4. The third-order valence-electron chi connectivity index (χ3n) is 12.6. The van der Waals surface area contributed by atoms with Gasteiger partial charge in [0.15, 0.2) is 5.79 Å². The minimum Gasteiger partial charge on any atom is -0.407 e. The van der Waals surface area contributed by atoms with Gasteiger partial charge in [0.1, 0.15) is 5.78 Å². The average Bonchev–Trinajstić information content (AvgIpc) is 3.59. The fraction of sp³-hybridized carbons (Fsp3) is 0.658. The third kappa shape index (κ3) is 5.01. The molecule has 1 spiro atoms. The Morgan fingerprint density at radius 3 is 1.98 bits per heavy atom. The monoisotopic (exact) mass is 602 g/mol. The van der Waals surface area contributed by atoms with Crippen molar-refractivity contribution in [3.63, 3.8) is 0 Å². The predicted octanol–water partition coefficient (Wildman–Crippen LogP) is 7.53. The van der Waals surface area contributed by atoms with Gasteiger partial charge in [-0.1, -0.05) is 102 Å². The third-order valence-corrected chi connectivity index (χ3v) is 17.6. The number of carbonyl (C=O) groups is 1. The second-order valence-electron chi connectivity index (χ2n) is 15.8. The highest BCUT2D eigenvalue weighted by Crippen LogP contribution is 2.66. The van der Waals surface area contributed by atoms with E-state index in [1.54, 1.807) is 0 Å². The Kier molecular flexibility index (Phi) is 8.37. The van der Waals surface area contributed by atoms with Crippen molar-refractivity contribution in [2.24, 2.45) is 34.5 Å². The molecule has 4 fully saturated rings. The molecule has 0 radical (unpaired) electrons. The van der Waals surface area contributed by atoms with Crippen molar-refractivity contribution in [1.29, 1.82) is 0 Å². The summed E-state index contributed by atoms with van der Waals surface area (Å²) in [6.07, 6.45) is 8.11. The van der Waals surface area contributed by atoms with Crippen LogP contribution in [-0.2, 0) is 18.7 Å². The van der Waals surface area contributed by atoms with E-state index in [4.69, 9.17) is 13.9 Å². The summed E-state index contributed by atoms with van der Waals surface area (Å²) in [4.78, 5) is 13.9. The van der Waals surface area contributed by atoms with Crippen molar-refractivity contribution in [2.75, 3.05) is 19.8 Å². The first-order valence-corrected chi connectivity index (χ1v) is 18.9. The van der Waals surface area contributed by atoms with E-state index in [-0.39, 0.29) is 15.9 Å². The number of benzene rings is 2. The lowest BCUT2D eigenvalue weighted by atomic mass is 9.50. The first kappa shape index (κ1) is 31.2. The smallest absolute Gasteiger partial charge is 0.261 e. The van der Waals surface area contributed by atoms with E-state index < -0.39 is 14.1 Å². The van der Waals surface area contributed by atoms with Crippen LogP contribution in [0.4, 0.5) is 0 Å². The second kappa shape index (κ2) is 11.5. The van der Waals surface area contributed by atoms with Crippen LogP contribution in [0.1, 0.15) is 92.9 Å². The number of hydrogen-bond acceptors (Lipinski definition) is 4. The van der Waals surface area contributed by atoms with Gasteiger partial charge in [0.05, 0.1) is 13.2 Å². The molecule has 4 nitrogen and oxygen atoms in total. The second-order valence-corrected chi connectivity index (χ2v) is 20.1. The molecular weight excluding hydrogens is 549 g/mol. The Morgan fingerprint density at radius 1 is 0.837 bits per heavy atom. The van der Waals surface area contributed by atoms with E-state index in [1.807, 2.05) is 0 Å². The molecule has 2 aromatic carbocycles. The Morgan fingerprint density at radius 2 is 1.42 bits per heavy atom. The molecular formula is C38H54O4Si. The average molecular weight is 603 g/mol. The Hall–Kier alpha value is -1.79. The van der Waals surface area contributed by atoms with Gasteiger partial charge >= 0.3 is 0 Å². The van der Waals surface area contributed by atoms with E-state index in [1.165, 1.54) is 10.4 Å². The normalized spacial score (nSPS) is 34.4. The number of carbonyl (C=O) groups excluding carboxylic acids is 1. The molecule has 1 saturated heterocycles. The zero-order valence-corrected chi connectivity index (χ0v) is 28.5. The number of fused-ring (bicyclic) bond motifs is 2. The lowest BCUT2D eigenvalue weighted by molar-refractivity contribution is -0.242. The maximum Gasteiger partial charge on any atom is 0.261 e. The van der Waals surface area contributed by atoms with Crippen molar-refractivity contribution in [3.05, 3.63) is 60.7 Å². The van der Waals surface area contributed by atoms with E-state index in [2.05, 4.69) is 102 Å². The molecule has 0 N–H and O–H groups in total. The van der Waals surface area contributed by atoms with Crippen LogP contribution < -0.4 is 10.4 Å². The summed E-state index contributed by atoms with van der Waals surface area (Å²) >= 11 is 0. The molecule has 1 aliphatic heterocycles. The van der Waals surface area contributed by atoms with E-state index in [0.29, 0.717) is 49.3 Å². The van der Waals surface area contributed by atoms with Crippen molar-refractivity contribution in [3.8, 4) is 0 Å². The van der Waals surface area contributed by atoms with Crippen LogP contribution in [0, 0.1) is 34.5 Å². The standard InChI is InChI=1S/C38H54O4Si/c1-28-17-21-36(5,34(39)27-28)32-18-22-37(6)33(19-23-38(37)40-25-26-41-38)31(32)20-24-42-43(35(2,3)4,29-13-9-7-10-14-29)30-15-11-8-12-16-30/h7-16,28,31-33H,17-27H2,1-6H3/t28-,31+,32?,33?,36+,37-/m0/s1. The number of Topliss-reactive ketones (excluding diaryl/α,β-unsaturated/α-hetero) is 1. The highest BCUT2D eigenvalue weighted by Gasteiger charge is 2.66. The van der Waals surface area contributed by atoms with Crippen LogP contribution in [0.5, 0.6) is 0 Å². The molecule has 2 unspecified atom stereocenters. The number of ketones is 1. The summed E-state index contributed by atoms with van der Waals surface area (Å²) in [5.41, 5.74) is -0.271. The number of rotatable bonds is 7. The summed E-state index contributed by atoms with van der Waals surface area (Å²) in [7, 11) is -2.64. The van der Waals surface area contributed by atoms with Gasteiger partial charge in [0, 0.05) is 30.3 Å². The number of hydrogen-bond donors (Lipinski definition) is 0. The zero-order chi connectivity index (χ0) is 30.5. The molecule has 3 saturated carbocycles. The summed E-state index contributed by atoms with van der Waals surface area (Å²) in [6, 6.07) is 22.0. The van der Waals surface area contributed by atoms with Crippen LogP contribution in [0.2, 0.25) is 5.04 Å². The van der Waals surface area contributed by atoms with Crippen molar-refractivity contribution in [2.45, 2.75) is 104 Å². The molecule has 43 heavy (non-hydrogen) atoms. The minimum absolute atomic E-state index is 0.0244. The van der Waals surface area contributed by atoms with Gasteiger partial charge in [-0.2, -0.15) is 0 Å². The van der Waals surface area contributed by atoms with Gasteiger partial charge in [-0.05, 0) is 77.6 Å². The summed E-state index contributed by atoms with van der Waals surface area (Å²) in [5.74, 6) is 1.80. The first-order valence-electron chi connectivity index (χ1n) is 17.0. The lowest BCUT2D eigenvalue weighted by Crippen LogP contribution is -2.66. The molecule has 0 bridgehead atoms. The van der Waals surface area contributed by atoms with E-state index in [0.717, 1.165) is 51.4 Å². The quantitative estimate of drug-likeness (QED) is 0.307. The summed E-state index contributed by atoms with van der Waals surface area (Å²) in [5, 5.41) is 2.60. The van der Waals surface area contributed by atoms with Crippen LogP contribution in [-0.4, -0.2) is 39.7 Å². The highest BCUT2D eigenvalue weighted by molar-refractivity contribution is 6.99. The molecule has 6 rings (SSSR count). The lowest BCUT2D eigenvalue weighted by Gasteiger charge is -2.56. The first-order chi connectivity index (χ1) is 20.5. The van der Waals surface area contributed by atoms with Gasteiger partial charge in [-0.25, -0.2) is 0 Å². The molecule has 2 aromatic rings. The van der Waals surface area contributed by atoms with E-state index >= 15 is 0 Å². The summed E-state index contributed by atoms with van der Waals surface area (Å²) < 4.78 is 20.4. The van der Waals surface area contributed by atoms with Gasteiger partial charge in [-0.3, -0.25) is 4.79 Å². The van der Waals surface area contributed by atoms with Crippen molar-refractivity contribution >= 4 is 24.5 Å². The zero-order valence-electron chi connectivity index (χ0n) is 27.5. The van der Waals surface area contributed by atoms with Gasteiger partial charge in [-0.15, -0.1) is 0 Å². The molecule has 0 amide bonds. The minimum atomic E-state index is -2.64. The molecule has 6 atom stereocenters. The topological polar surface area (TPSA) is 44.8 Å². The van der Waals surface area contributed by atoms with E-state index in [9.17, 15) is 4.79 Å². The maximum atomic E-state index is 13.9. The SMILES string of the molecule is C[C@H]1CC[C@](C)(C2CC[C@@]3(C)C(CCC34OCCO4)[C@@H]2CCO[Si](c2ccccc2)(c2ccccc2)C(C)(C)C)C(=O)C1.